The van der Waals surface area contributed by atoms with Crippen molar-refractivity contribution in [2.75, 3.05) is 5.73 Å². The second-order valence-electron chi connectivity index (χ2n) is 5.76. The molecule has 0 bridgehead atoms. The zero-order valence-electron chi connectivity index (χ0n) is 13.6. The van der Waals surface area contributed by atoms with Gasteiger partial charge in [-0.3, -0.25) is 0 Å². The number of nitrogen functional groups attached to an aromatic ring is 1. The molecule has 0 atom stereocenters. The molecule has 2 aromatic heterocycles. The largest absolute Gasteiger partial charge is 0.383 e. The summed E-state index contributed by atoms with van der Waals surface area (Å²) in [7, 11) is 0. The van der Waals surface area contributed by atoms with Crippen molar-refractivity contribution < 1.29 is 0 Å². The first-order valence-corrected chi connectivity index (χ1v) is 7.90. The fraction of sp³-hybridized carbons (Fsp3) is 0.0500. The van der Waals surface area contributed by atoms with Crippen LogP contribution in [0.1, 0.15) is 11.3 Å². The van der Waals surface area contributed by atoms with E-state index in [1.54, 1.807) is 4.68 Å². The number of nitriles is 1. The lowest BCUT2D eigenvalue weighted by Gasteiger charge is -2.10. The summed E-state index contributed by atoms with van der Waals surface area (Å²) in [6.07, 6.45) is 0. The van der Waals surface area contributed by atoms with Gasteiger partial charge < -0.3 is 5.73 Å². The lowest BCUT2D eigenvalue weighted by atomic mass is 9.97. The van der Waals surface area contributed by atoms with Gasteiger partial charge in [-0.25, -0.2) is 9.67 Å². The van der Waals surface area contributed by atoms with Crippen molar-refractivity contribution in [3.05, 3.63) is 71.9 Å². The monoisotopic (exact) mass is 325 g/mol. The summed E-state index contributed by atoms with van der Waals surface area (Å²) in [5.74, 6) is 0.214. The number of nitrogens with zero attached hydrogens (tertiary/aromatic N) is 4. The van der Waals surface area contributed by atoms with Crippen LogP contribution in [0.5, 0.6) is 0 Å². The summed E-state index contributed by atoms with van der Waals surface area (Å²) in [5, 5.41) is 15.1. The van der Waals surface area contributed by atoms with Gasteiger partial charge in [0.25, 0.3) is 0 Å². The number of pyridine rings is 1. The van der Waals surface area contributed by atoms with Gasteiger partial charge in [-0.2, -0.15) is 10.4 Å². The third-order valence-electron chi connectivity index (χ3n) is 4.19. The van der Waals surface area contributed by atoms with Gasteiger partial charge in [0.05, 0.1) is 16.8 Å². The quantitative estimate of drug-likeness (QED) is 0.607. The van der Waals surface area contributed by atoms with Crippen molar-refractivity contribution >= 4 is 16.9 Å². The summed E-state index contributed by atoms with van der Waals surface area (Å²) in [4.78, 5) is 4.49. The van der Waals surface area contributed by atoms with Crippen LogP contribution in [0.2, 0.25) is 0 Å². The van der Waals surface area contributed by atoms with E-state index >= 15 is 0 Å². The fourth-order valence-electron chi connectivity index (χ4n) is 3.09. The lowest BCUT2D eigenvalue weighted by molar-refractivity contribution is 0.878. The van der Waals surface area contributed by atoms with E-state index in [0.717, 1.165) is 27.9 Å². The van der Waals surface area contributed by atoms with Crippen LogP contribution in [-0.2, 0) is 0 Å². The average molecular weight is 325 g/mol. The Morgan fingerprint density at radius 2 is 1.64 bits per heavy atom. The van der Waals surface area contributed by atoms with Crippen molar-refractivity contribution in [2.45, 2.75) is 6.92 Å². The highest BCUT2D eigenvalue weighted by Gasteiger charge is 2.21. The van der Waals surface area contributed by atoms with Gasteiger partial charge in [-0.1, -0.05) is 48.5 Å². The van der Waals surface area contributed by atoms with Crippen molar-refractivity contribution in [1.29, 1.82) is 5.26 Å². The molecule has 25 heavy (non-hydrogen) atoms. The molecule has 0 saturated heterocycles. The van der Waals surface area contributed by atoms with E-state index in [0.29, 0.717) is 11.2 Å². The number of benzene rings is 2. The molecule has 4 rings (SSSR count). The van der Waals surface area contributed by atoms with Gasteiger partial charge in [0.15, 0.2) is 5.65 Å². The van der Waals surface area contributed by atoms with Crippen molar-refractivity contribution in [3.8, 4) is 22.9 Å². The van der Waals surface area contributed by atoms with Crippen LogP contribution in [-0.4, -0.2) is 14.8 Å². The highest BCUT2D eigenvalue weighted by Crippen LogP contribution is 2.36. The number of fused-ring (bicyclic) bond motifs is 1. The molecule has 0 saturated carbocycles. The highest BCUT2D eigenvalue weighted by atomic mass is 15.3. The Labute approximate surface area is 145 Å². The Morgan fingerprint density at radius 1 is 1.00 bits per heavy atom. The molecule has 0 aliphatic carbocycles. The van der Waals surface area contributed by atoms with Crippen LogP contribution in [0.4, 0.5) is 5.82 Å². The average Bonchev–Trinajstić information content (AvgIpc) is 2.98. The van der Waals surface area contributed by atoms with Crippen LogP contribution in [0.15, 0.2) is 60.7 Å². The molecule has 0 spiro atoms. The SMILES string of the molecule is Cc1nn(-c2ccccc2)c2nc(N)c(C#N)c(-c3ccccc3)c12. The summed E-state index contributed by atoms with van der Waals surface area (Å²) in [5.41, 5.74) is 10.6. The molecule has 2 heterocycles. The van der Waals surface area contributed by atoms with Gasteiger partial charge in [-0.05, 0) is 24.6 Å². The molecule has 5 heteroatoms. The predicted octanol–water partition coefficient (Wildman–Crippen LogP) is 3.85. The third-order valence-corrected chi connectivity index (χ3v) is 4.19. The molecule has 5 nitrogen and oxygen atoms in total. The molecule has 2 aromatic carbocycles. The van der Waals surface area contributed by atoms with Crippen LogP contribution >= 0.6 is 0 Å². The number of hydrogen-bond donors (Lipinski definition) is 1. The maximum Gasteiger partial charge on any atom is 0.166 e. The van der Waals surface area contributed by atoms with E-state index in [1.165, 1.54) is 0 Å². The maximum absolute atomic E-state index is 9.64. The van der Waals surface area contributed by atoms with Gasteiger partial charge in [0.2, 0.25) is 0 Å². The number of para-hydroxylation sites is 1. The molecule has 120 valence electrons. The summed E-state index contributed by atoms with van der Waals surface area (Å²) in [6.45, 7) is 1.92. The molecular weight excluding hydrogens is 310 g/mol. The number of rotatable bonds is 2. The first-order chi connectivity index (χ1) is 12.2. The van der Waals surface area contributed by atoms with E-state index in [1.807, 2.05) is 67.6 Å². The minimum Gasteiger partial charge on any atom is -0.383 e. The number of aromatic nitrogens is 3. The highest BCUT2D eigenvalue weighted by molar-refractivity contribution is 6.00. The summed E-state index contributed by atoms with van der Waals surface area (Å²) < 4.78 is 1.77. The molecule has 2 N–H and O–H groups in total. The molecule has 0 fully saturated rings. The molecule has 4 aromatic rings. The molecular formula is C20H15N5. The van der Waals surface area contributed by atoms with Crippen LogP contribution in [0.3, 0.4) is 0 Å². The second-order valence-corrected chi connectivity index (χ2v) is 5.76. The number of aryl methyl sites for hydroxylation is 1. The van der Waals surface area contributed by atoms with Gasteiger partial charge in [0, 0.05) is 5.56 Å². The van der Waals surface area contributed by atoms with Gasteiger partial charge in [0.1, 0.15) is 17.5 Å². The van der Waals surface area contributed by atoms with Crippen LogP contribution < -0.4 is 5.73 Å². The standard InChI is InChI=1S/C20H15N5/c1-13-17-18(14-8-4-2-5-9-14)16(12-21)19(22)23-20(17)25(24-13)15-10-6-3-7-11-15/h2-11H,1H3,(H2,22,23). The third kappa shape index (κ3) is 2.32. The topological polar surface area (TPSA) is 80.5 Å². The molecule has 0 aliphatic rings. The molecule has 0 unspecified atom stereocenters. The Balaban J connectivity index is 2.14. The van der Waals surface area contributed by atoms with Crippen molar-refractivity contribution in [3.63, 3.8) is 0 Å². The fourth-order valence-corrected chi connectivity index (χ4v) is 3.09. The van der Waals surface area contributed by atoms with Gasteiger partial charge in [-0.15, -0.1) is 0 Å². The number of hydrogen-bond acceptors (Lipinski definition) is 4. The van der Waals surface area contributed by atoms with Gasteiger partial charge >= 0.3 is 0 Å². The molecule has 0 radical (unpaired) electrons. The molecule has 0 amide bonds. The minimum absolute atomic E-state index is 0.214. The van der Waals surface area contributed by atoms with Crippen molar-refractivity contribution in [2.24, 2.45) is 0 Å². The van der Waals surface area contributed by atoms with Crippen LogP contribution in [0.25, 0.3) is 27.8 Å². The first kappa shape index (κ1) is 14.9. The van der Waals surface area contributed by atoms with E-state index in [9.17, 15) is 5.26 Å². The Kier molecular flexibility index (Phi) is 3.44. The maximum atomic E-state index is 9.64. The number of anilines is 1. The zero-order chi connectivity index (χ0) is 17.4. The number of nitrogens with two attached hydrogens (primary N) is 1. The summed E-state index contributed by atoms with van der Waals surface area (Å²) >= 11 is 0. The van der Waals surface area contributed by atoms with E-state index < -0.39 is 0 Å². The Morgan fingerprint density at radius 3 is 2.28 bits per heavy atom. The van der Waals surface area contributed by atoms with E-state index in [-0.39, 0.29) is 5.82 Å². The second kappa shape index (κ2) is 5.77. The smallest absolute Gasteiger partial charge is 0.166 e. The lowest BCUT2D eigenvalue weighted by Crippen LogP contribution is -2.02. The van der Waals surface area contributed by atoms with E-state index in [4.69, 9.17) is 5.73 Å². The minimum atomic E-state index is 0.214. The van der Waals surface area contributed by atoms with Crippen molar-refractivity contribution in [1.82, 2.24) is 14.8 Å². The van der Waals surface area contributed by atoms with Crippen LogP contribution in [0, 0.1) is 18.3 Å². The zero-order valence-corrected chi connectivity index (χ0v) is 13.6. The first-order valence-electron chi connectivity index (χ1n) is 7.90. The molecule has 0 aliphatic heterocycles. The predicted molar refractivity (Wildman–Crippen MR) is 98.2 cm³/mol. The van der Waals surface area contributed by atoms with E-state index in [2.05, 4.69) is 16.2 Å². The Bertz CT molecular complexity index is 1110. The summed E-state index contributed by atoms with van der Waals surface area (Å²) in [6, 6.07) is 21.7. The normalized spacial score (nSPS) is 10.7. The Hall–Kier alpha value is -3.65.